The first kappa shape index (κ1) is 77.0. The van der Waals surface area contributed by atoms with Crippen LogP contribution in [0.4, 0.5) is 0 Å². The highest BCUT2D eigenvalue weighted by molar-refractivity contribution is 7.73. The predicted octanol–water partition coefficient (Wildman–Crippen LogP) is 23.2. The van der Waals surface area contributed by atoms with Gasteiger partial charge in [-0.1, -0.05) is 413 Å². The lowest BCUT2D eigenvalue weighted by Gasteiger charge is -2.27. The Morgan fingerprint density at radius 2 is 0.284 bits per heavy atom. The number of rotatable bonds is 28. The minimum atomic E-state index is -0.907. The normalized spacial score (nSPS) is 11.9. The summed E-state index contributed by atoms with van der Waals surface area (Å²) in [5.74, 6) is 3.51. The van der Waals surface area contributed by atoms with Gasteiger partial charge in [0.15, 0.2) is 0 Å². The van der Waals surface area contributed by atoms with Crippen LogP contribution in [0.15, 0.2) is 413 Å². The SMILES string of the molecule is c1ccc(COc2c3cc(CP(c4ccccc4)c4ccccc4)cc2Cc2cc(CP(c4ccccc4)c4ccccc4)cc(c2OCc2ccccc2)Cc2cc(CP(c4ccccc4)c4ccccc4)cc(c2OCc2ccccc2)Cc2cc(CP(c4ccccc4)c4ccccc4)cc(c2OCc2ccccc2)C3)cc1. The topological polar surface area (TPSA) is 36.9 Å². The van der Waals surface area contributed by atoms with Gasteiger partial charge >= 0.3 is 0 Å². The molecule has 0 N–H and O–H groups in total. The highest BCUT2D eigenvalue weighted by Crippen LogP contribution is 2.49. The smallest absolute Gasteiger partial charge is 0.126 e. The second kappa shape index (κ2) is 38.3. The van der Waals surface area contributed by atoms with Crippen molar-refractivity contribution in [3.05, 3.63) is 502 Å². The number of hydrogen-bond acceptors (Lipinski definition) is 4. The monoisotopic (exact) mass is 1580 g/mol. The van der Waals surface area contributed by atoms with Crippen molar-refractivity contribution in [2.75, 3.05) is 0 Å². The molecule has 0 atom stereocenters. The van der Waals surface area contributed by atoms with Crippen molar-refractivity contribution in [2.24, 2.45) is 0 Å². The molecule has 16 aromatic carbocycles. The van der Waals surface area contributed by atoms with E-state index >= 15 is 0 Å². The number of ether oxygens (including phenoxy) is 4. The molecule has 0 spiro atoms. The standard InChI is InChI=1S/C108H92O4P4/c1-13-37-81(38-14-1)73-109-105-89-61-85(77-113(97-45-21-5-22-46-97)98-47-23-6-24-48-98)62-90(105)70-92-64-87(79-115(101-53-29-9-30-54-101)102-55-31-10-32-56-102)66-94(107(92)111-75-83-41-17-3-18-42-83)72-96-68-88(80-116(103-57-33-11-34-58-103)104-59-35-12-36-60-104)67-95(108(96)112-76-84-43-19-4-20-44-84)71-93-65-86(63-91(69-89)106(93)110-74-82-39-15-2-16-40-82)78-114(99-49-25-7-26-50-99)100-51-27-8-28-52-100/h1-68H,69-80H2. The average molecular weight is 1580 g/mol. The minimum Gasteiger partial charge on any atom is -0.488 e. The van der Waals surface area contributed by atoms with Gasteiger partial charge in [-0.15, -0.1) is 0 Å². The van der Waals surface area contributed by atoms with E-state index in [0.717, 1.165) is 114 Å². The van der Waals surface area contributed by atoms with Gasteiger partial charge in [0.1, 0.15) is 49.4 Å². The maximum atomic E-state index is 7.77. The van der Waals surface area contributed by atoms with Crippen LogP contribution in [0.5, 0.6) is 23.0 Å². The Hall–Kier alpha value is -11.6. The van der Waals surface area contributed by atoms with E-state index in [9.17, 15) is 0 Å². The number of benzene rings is 16. The fourth-order valence-corrected chi connectivity index (χ4v) is 25.2. The summed E-state index contributed by atoms with van der Waals surface area (Å²) in [6, 6.07) is 153. The molecule has 0 saturated heterocycles. The number of fused-ring (bicyclic) bond motifs is 8. The molecule has 0 amide bonds. The van der Waals surface area contributed by atoms with E-state index in [2.05, 4.69) is 413 Å². The molecule has 17 rings (SSSR count). The molecule has 116 heavy (non-hydrogen) atoms. The van der Waals surface area contributed by atoms with Crippen molar-refractivity contribution in [1.29, 1.82) is 0 Å². The van der Waals surface area contributed by atoms with Gasteiger partial charge in [0.25, 0.3) is 0 Å². The Morgan fingerprint density at radius 3 is 0.422 bits per heavy atom. The summed E-state index contributed by atoms with van der Waals surface area (Å²) in [7, 11) is -3.63. The minimum absolute atomic E-state index is 0.364. The first-order chi connectivity index (χ1) is 57.5. The third-order valence-corrected chi connectivity index (χ3v) is 31.6. The zero-order valence-electron chi connectivity index (χ0n) is 65.2. The molecule has 0 aromatic heterocycles. The molecule has 1 aliphatic rings. The Balaban J connectivity index is 0.968. The molecule has 0 saturated carbocycles. The summed E-state index contributed by atoms with van der Waals surface area (Å²) in [5, 5.41) is 10.6. The fourth-order valence-electron chi connectivity index (χ4n) is 16.1. The van der Waals surface area contributed by atoms with Gasteiger partial charge < -0.3 is 18.9 Å². The molecule has 0 unspecified atom stereocenters. The second-order valence-electron chi connectivity index (χ2n) is 29.8. The van der Waals surface area contributed by atoms with Gasteiger partial charge in [-0.2, -0.15) is 0 Å². The maximum absolute atomic E-state index is 7.77. The number of hydrogen-bond donors (Lipinski definition) is 0. The van der Waals surface area contributed by atoms with E-state index in [1.165, 1.54) is 64.7 Å². The van der Waals surface area contributed by atoms with Crippen molar-refractivity contribution in [2.45, 2.75) is 76.8 Å². The summed E-state index contributed by atoms with van der Waals surface area (Å²) in [6.45, 7) is 1.45. The Bertz CT molecular complexity index is 4840. The summed E-state index contributed by atoms with van der Waals surface area (Å²) < 4.78 is 31.1. The molecule has 8 heteroatoms. The van der Waals surface area contributed by atoms with Gasteiger partial charge in [-0.3, -0.25) is 0 Å². The third-order valence-electron chi connectivity index (χ3n) is 21.5. The van der Waals surface area contributed by atoms with Crippen molar-refractivity contribution in [1.82, 2.24) is 0 Å². The summed E-state index contributed by atoms with van der Waals surface area (Å²) >= 11 is 0. The highest BCUT2D eigenvalue weighted by atomic mass is 31.1. The highest BCUT2D eigenvalue weighted by Gasteiger charge is 2.29. The zero-order chi connectivity index (χ0) is 77.9. The largest absolute Gasteiger partial charge is 0.488 e. The zero-order valence-corrected chi connectivity index (χ0v) is 68.7. The molecule has 16 aromatic rings. The van der Waals surface area contributed by atoms with Crippen LogP contribution in [0.25, 0.3) is 0 Å². The molecule has 0 radical (unpaired) electrons. The van der Waals surface area contributed by atoms with Crippen LogP contribution in [-0.4, -0.2) is 0 Å². The average Bonchev–Trinajstić information content (AvgIpc) is 0.763. The van der Waals surface area contributed by atoms with Crippen LogP contribution >= 0.6 is 31.7 Å². The molecule has 0 fully saturated rings. The van der Waals surface area contributed by atoms with Crippen LogP contribution in [-0.2, 0) is 76.8 Å². The Morgan fingerprint density at radius 1 is 0.155 bits per heavy atom. The van der Waals surface area contributed by atoms with E-state index < -0.39 is 31.7 Å². The lowest BCUT2D eigenvalue weighted by molar-refractivity contribution is 0.293. The van der Waals surface area contributed by atoms with E-state index in [1.54, 1.807) is 0 Å². The van der Waals surface area contributed by atoms with Gasteiger partial charge in [-0.25, -0.2) is 0 Å². The molecular formula is C108H92O4P4. The molecule has 4 nitrogen and oxygen atoms in total. The maximum Gasteiger partial charge on any atom is 0.126 e. The van der Waals surface area contributed by atoms with Crippen molar-refractivity contribution in [3.8, 4) is 23.0 Å². The van der Waals surface area contributed by atoms with Gasteiger partial charge in [-0.05, 0) is 163 Å². The molecule has 568 valence electrons. The molecule has 0 aliphatic heterocycles. The van der Waals surface area contributed by atoms with Crippen LogP contribution in [0.2, 0.25) is 0 Å². The lowest BCUT2D eigenvalue weighted by atomic mass is 9.88. The summed E-state index contributed by atoms with van der Waals surface area (Å²) in [5.41, 5.74) is 18.2. The lowest BCUT2D eigenvalue weighted by Crippen LogP contribution is -2.15. The molecule has 0 heterocycles. The summed E-state index contributed by atoms with van der Waals surface area (Å²) in [6.07, 6.45) is 5.19. The molecular weight excluding hydrogens is 1490 g/mol. The predicted molar refractivity (Wildman–Crippen MR) is 491 cm³/mol. The fraction of sp³-hybridized carbons (Fsp3) is 0.111. The van der Waals surface area contributed by atoms with E-state index in [0.29, 0.717) is 52.1 Å². The Labute approximate surface area is 689 Å². The molecule has 8 bridgehead atoms. The van der Waals surface area contributed by atoms with Gasteiger partial charge in [0.05, 0.1) is 0 Å². The first-order valence-corrected chi connectivity index (χ1v) is 46.3. The second-order valence-corrected chi connectivity index (χ2v) is 38.6. The molecule has 1 aliphatic carbocycles. The third kappa shape index (κ3) is 19.5. The Kier molecular flexibility index (Phi) is 25.4. The van der Waals surface area contributed by atoms with Crippen LogP contribution in [0.3, 0.4) is 0 Å². The van der Waals surface area contributed by atoms with Gasteiger partial charge in [0.2, 0.25) is 0 Å². The quantitative estimate of drug-likeness (QED) is 0.0458. The van der Waals surface area contributed by atoms with Crippen LogP contribution in [0, 0.1) is 0 Å². The first-order valence-electron chi connectivity index (χ1n) is 40.2. The van der Waals surface area contributed by atoms with E-state index in [-0.39, 0.29) is 0 Å². The van der Waals surface area contributed by atoms with E-state index in [4.69, 9.17) is 18.9 Å². The van der Waals surface area contributed by atoms with Gasteiger partial charge in [0, 0.05) is 50.3 Å². The van der Waals surface area contributed by atoms with Crippen molar-refractivity contribution in [3.63, 3.8) is 0 Å². The van der Waals surface area contributed by atoms with Crippen molar-refractivity contribution < 1.29 is 18.9 Å². The summed E-state index contributed by atoms with van der Waals surface area (Å²) in [4.78, 5) is 0. The van der Waals surface area contributed by atoms with Crippen LogP contribution in [0.1, 0.15) is 89.0 Å². The van der Waals surface area contributed by atoms with Crippen LogP contribution < -0.4 is 61.4 Å². The van der Waals surface area contributed by atoms with Crippen molar-refractivity contribution >= 4 is 74.1 Å². The van der Waals surface area contributed by atoms with E-state index in [1.807, 2.05) is 0 Å².